The van der Waals surface area contributed by atoms with Crippen LogP contribution >= 0.6 is 11.3 Å². The van der Waals surface area contributed by atoms with Crippen molar-refractivity contribution in [2.24, 2.45) is 0 Å². The molecule has 1 fully saturated rings. The summed E-state index contributed by atoms with van der Waals surface area (Å²) in [6.07, 6.45) is 3.98. The van der Waals surface area contributed by atoms with Crippen molar-refractivity contribution in [1.82, 2.24) is 24.8 Å². The van der Waals surface area contributed by atoms with Crippen molar-refractivity contribution in [3.8, 4) is 10.7 Å². The Morgan fingerprint density at radius 2 is 1.94 bits per heavy atom. The molecular formula is C24H20FN5O3S. The Morgan fingerprint density at radius 3 is 2.65 bits per heavy atom. The van der Waals surface area contributed by atoms with E-state index >= 15 is 0 Å². The van der Waals surface area contributed by atoms with Gasteiger partial charge in [-0.25, -0.2) is 14.4 Å². The highest BCUT2D eigenvalue weighted by Crippen LogP contribution is 2.31. The predicted octanol–water partition coefficient (Wildman–Crippen LogP) is 3.38. The number of nitrogens with one attached hydrogen (secondary N) is 1. The molecule has 0 saturated carbocycles. The molecule has 172 valence electrons. The number of Topliss-reactive ketones (excluding diaryl/α,β-unsaturated/α-hetero) is 1. The van der Waals surface area contributed by atoms with Gasteiger partial charge in [0.25, 0.3) is 17.6 Å². The highest BCUT2D eigenvalue weighted by Gasteiger charge is 2.35. The molecule has 5 rings (SSSR count). The van der Waals surface area contributed by atoms with Crippen molar-refractivity contribution >= 4 is 39.8 Å². The molecular weight excluding hydrogens is 457 g/mol. The standard InChI is InChI=1S/C24H20FN5O3S/c1-14-13-29(23(32)15-5-3-2-4-6-15)8-9-30(14)24(33)21(31)16-11-27-19-18(16)17(25)12-28-20(19)22-26-7-10-34-22/h2-7,10-12,14,27H,8-9,13H2,1H3. The number of nitrogens with zero attached hydrogens (tertiary/aromatic N) is 4. The Labute approximate surface area is 198 Å². The van der Waals surface area contributed by atoms with E-state index in [9.17, 15) is 18.8 Å². The van der Waals surface area contributed by atoms with Crippen molar-refractivity contribution in [3.63, 3.8) is 0 Å². The number of ketones is 1. The van der Waals surface area contributed by atoms with E-state index in [1.165, 1.54) is 22.4 Å². The van der Waals surface area contributed by atoms with Crippen LogP contribution in [0.25, 0.3) is 21.6 Å². The van der Waals surface area contributed by atoms with Gasteiger partial charge in [-0.2, -0.15) is 0 Å². The van der Waals surface area contributed by atoms with Gasteiger partial charge in [0.1, 0.15) is 10.7 Å². The van der Waals surface area contributed by atoms with Gasteiger partial charge in [-0.05, 0) is 19.1 Å². The van der Waals surface area contributed by atoms with Crippen molar-refractivity contribution in [2.75, 3.05) is 19.6 Å². The molecule has 8 nitrogen and oxygen atoms in total. The molecule has 3 aromatic heterocycles. The molecule has 0 radical (unpaired) electrons. The summed E-state index contributed by atoms with van der Waals surface area (Å²) in [6.45, 7) is 2.60. The predicted molar refractivity (Wildman–Crippen MR) is 125 cm³/mol. The smallest absolute Gasteiger partial charge is 0.295 e. The Balaban J connectivity index is 1.37. The van der Waals surface area contributed by atoms with Gasteiger partial charge in [-0.15, -0.1) is 11.3 Å². The van der Waals surface area contributed by atoms with Crippen LogP contribution in [0.1, 0.15) is 27.6 Å². The average Bonchev–Trinajstić information content (AvgIpc) is 3.55. The Morgan fingerprint density at radius 1 is 1.15 bits per heavy atom. The van der Waals surface area contributed by atoms with Crippen LogP contribution in [-0.4, -0.2) is 68.0 Å². The molecule has 10 heteroatoms. The van der Waals surface area contributed by atoms with E-state index in [1.807, 2.05) is 6.07 Å². The van der Waals surface area contributed by atoms with Crippen LogP contribution in [0.5, 0.6) is 0 Å². The maximum atomic E-state index is 14.7. The number of pyridine rings is 1. The van der Waals surface area contributed by atoms with Gasteiger partial charge in [-0.1, -0.05) is 18.2 Å². The van der Waals surface area contributed by atoms with Crippen LogP contribution in [0.3, 0.4) is 0 Å². The lowest BCUT2D eigenvalue weighted by Gasteiger charge is -2.39. The topological polar surface area (TPSA) is 99.3 Å². The van der Waals surface area contributed by atoms with Gasteiger partial charge in [-0.3, -0.25) is 14.4 Å². The molecule has 1 unspecified atom stereocenters. The molecule has 1 saturated heterocycles. The lowest BCUT2D eigenvalue weighted by molar-refractivity contribution is -0.130. The first-order chi connectivity index (χ1) is 16.5. The second-order valence-electron chi connectivity index (χ2n) is 8.04. The van der Waals surface area contributed by atoms with E-state index < -0.39 is 17.5 Å². The van der Waals surface area contributed by atoms with E-state index in [1.54, 1.807) is 47.7 Å². The Hall–Kier alpha value is -3.92. The zero-order valence-electron chi connectivity index (χ0n) is 18.2. The van der Waals surface area contributed by atoms with Crippen LogP contribution in [-0.2, 0) is 4.79 Å². The third-order valence-electron chi connectivity index (χ3n) is 5.93. The fraction of sp³-hybridized carbons (Fsp3) is 0.208. The number of piperazine rings is 1. The van der Waals surface area contributed by atoms with Gasteiger partial charge >= 0.3 is 0 Å². The Kier molecular flexibility index (Phi) is 5.66. The first-order valence-electron chi connectivity index (χ1n) is 10.7. The van der Waals surface area contributed by atoms with E-state index in [2.05, 4.69) is 15.0 Å². The lowest BCUT2D eigenvalue weighted by atomic mass is 10.1. The number of aromatic nitrogens is 3. The summed E-state index contributed by atoms with van der Waals surface area (Å²) in [4.78, 5) is 53.4. The minimum Gasteiger partial charge on any atom is -0.358 e. The summed E-state index contributed by atoms with van der Waals surface area (Å²) in [5.41, 5.74) is 1.26. The van der Waals surface area contributed by atoms with E-state index in [-0.39, 0.29) is 29.4 Å². The summed E-state index contributed by atoms with van der Waals surface area (Å²) < 4.78 is 14.7. The summed E-state index contributed by atoms with van der Waals surface area (Å²) in [7, 11) is 0. The average molecular weight is 478 g/mol. The summed E-state index contributed by atoms with van der Waals surface area (Å²) >= 11 is 1.34. The van der Waals surface area contributed by atoms with Crippen molar-refractivity contribution < 1.29 is 18.8 Å². The first kappa shape index (κ1) is 21.9. The molecule has 4 heterocycles. The van der Waals surface area contributed by atoms with Crippen LogP contribution in [0, 0.1) is 5.82 Å². The highest BCUT2D eigenvalue weighted by atomic mass is 32.1. The minimum atomic E-state index is -0.809. The zero-order valence-corrected chi connectivity index (χ0v) is 19.0. The number of fused-ring (bicyclic) bond motifs is 1. The third kappa shape index (κ3) is 3.75. The highest BCUT2D eigenvalue weighted by molar-refractivity contribution is 7.13. The number of carbonyl (C=O) groups is 3. The fourth-order valence-electron chi connectivity index (χ4n) is 4.24. The monoisotopic (exact) mass is 477 g/mol. The summed E-state index contributed by atoms with van der Waals surface area (Å²) in [5, 5.41) is 2.36. The molecule has 1 atom stereocenters. The number of thiazole rings is 1. The number of benzene rings is 1. The van der Waals surface area contributed by atoms with Crippen LogP contribution < -0.4 is 0 Å². The molecule has 0 bridgehead atoms. The van der Waals surface area contributed by atoms with Crippen LogP contribution in [0.15, 0.2) is 54.3 Å². The first-order valence-corrected chi connectivity index (χ1v) is 11.6. The molecule has 1 aliphatic rings. The van der Waals surface area contributed by atoms with E-state index in [0.29, 0.717) is 34.9 Å². The number of halogens is 1. The summed E-state index contributed by atoms with van der Waals surface area (Å²) in [5.74, 6) is -2.35. The lowest BCUT2D eigenvalue weighted by Crippen LogP contribution is -2.56. The number of hydrogen-bond acceptors (Lipinski definition) is 6. The molecule has 0 spiro atoms. The molecule has 1 N–H and O–H groups in total. The van der Waals surface area contributed by atoms with Crippen LogP contribution in [0.2, 0.25) is 0 Å². The van der Waals surface area contributed by atoms with Crippen LogP contribution in [0.4, 0.5) is 4.39 Å². The second-order valence-corrected chi connectivity index (χ2v) is 8.93. The van der Waals surface area contributed by atoms with Crippen molar-refractivity contribution in [1.29, 1.82) is 0 Å². The fourth-order valence-corrected chi connectivity index (χ4v) is 4.88. The van der Waals surface area contributed by atoms with E-state index in [4.69, 9.17) is 0 Å². The number of hydrogen-bond donors (Lipinski definition) is 1. The zero-order chi connectivity index (χ0) is 23.8. The van der Waals surface area contributed by atoms with Gasteiger partial charge < -0.3 is 14.8 Å². The minimum absolute atomic E-state index is 0.0177. The number of carbonyl (C=O) groups excluding carboxylic acids is 3. The number of amides is 2. The van der Waals surface area contributed by atoms with Gasteiger partial charge in [0.2, 0.25) is 0 Å². The largest absolute Gasteiger partial charge is 0.358 e. The van der Waals surface area contributed by atoms with E-state index in [0.717, 1.165) is 6.20 Å². The number of aromatic amines is 1. The maximum Gasteiger partial charge on any atom is 0.295 e. The molecule has 2 amide bonds. The SMILES string of the molecule is CC1CN(C(=O)c2ccccc2)CCN1C(=O)C(=O)c1c[nH]c2c(-c3nccs3)ncc(F)c12. The molecule has 0 aliphatic carbocycles. The quantitative estimate of drug-likeness (QED) is 0.359. The molecule has 4 aromatic rings. The van der Waals surface area contributed by atoms with Crippen molar-refractivity contribution in [2.45, 2.75) is 13.0 Å². The van der Waals surface area contributed by atoms with Gasteiger partial charge in [0.05, 0.1) is 22.7 Å². The third-order valence-corrected chi connectivity index (χ3v) is 6.71. The van der Waals surface area contributed by atoms with Gasteiger partial charge in [0.15, 0.2) is 5.82 Å². The Bertz CT molecular complexity index is 1390. The number of H-pyrrole nitrogens is 1. The molecule has 34 heavy (non-hydrogen) atoms. The molecule has 1 aliphatic heterocycles. The molecule has 1 aromatic carbocycles. The second kappa shape index (κ2) is 8.79. The normalized spacial score (nSPS) is 16.1. The van der Waals surface area contributed by atoms with Gasteiger partial charge in [0, 0.05) is 49.0 Å². The maximum absolute atomic E-state index is 14.7. The number of rotatable bonds is 4. The summed E-state index contributed by atoms with van der Waals surface area (Å²) in [6, 6.07) is 8.55. The van der Waals surface area contributed by atoms with Crippen molar-refractivity contribution in [3.05, 3.63) is 71.2 Å².